The minimum atomic E-state index is -0.377. The van der Waals surface area contributed by atoms with Crippen LogP contribution in [-0.4, -0.2) is 24.5 Å². The first-order chi connectivity index (χ1) is 5.77. The third-order valence-corrected chi connectivity index (χ3v) is 2.20. The Morgan fingerprint density at radius 3 is 3.08 bits per heavy atom. The fourth-order valence-corrected chi connectivity index (χ4v) is 1.48. The van der Waals surface area contributed by atoms with Crippen molar-refractivity contribution < 1.29 is 14.7 Å². The van der Waals surface area contributed by atoms with Crippen molar-refractivity contribution in [1.29, 1.82) is 0 Å². The first kappa shape index (κ1) is 8.73. The third-order valence-electron chi connectivity index (χ3n) is 1.20. The number of carbonyl (C=O) groups excluding carboxylic acids is 1. The van der Waals surface area contributed by atoms with Gasteiger partial charge in [-0.05, 0) is 12.1 Å². The van der Waals surface area contributed by atoms with Crippen LogP contribution in [0.3, 0.4) is 0 Å². The van der Waals surface area contributed by atoms with Crippen molar-refractivity contribution in [2.45, 2.75) is 0 Å². The Morgan fingerprint density at radius 1 is 1.75 bits per heavy atom. The van der Waals surface area contributed by atoms with Crippen LogP contribution in [0.15, 0.2) is 17.3 Å². The topological polar surface area (TPSA) is 58.9 Å². The van der Waals surface area contributed by atoms with Gasteiger partial charge in [-0.25, -0.2) is 4.79 Å². The van der Waals surface area contributed by atoms with Crippen LogP contribution >= 0.6 is 11.3 Å². The Balaban J connectivity index is 2.84. The van der Waals surface area contributed by atoms with Crippen molar-refractivity contribution in [2.24, 2.45) is 5.16 Å². The monoisotopic (exact) mass is 185 g/mol. The Morgan fingerprint density at radius 2 is 2.50 bits per heavy atom. The molecular formula is C7H7NO3S. The number of thiophene rings is 1. The maximum absolute atomic E-state index is 10.9. The van der Waals surface area contributed by atoms with Crippen LogP contribution in [0.1, 0.15) is 14.5 Å². The number of ether oxygens (including phenoxy) is 1. The van der Waals surface area contributed by atoms with Gasteiger partial charge in [0.15, 0.2) is 0 Å². The van der Waals surface area contributed by atoms with E-state index in [9.17, 15) is 4.79 Å². The summed E-state index contributed by atoms with van der Waals surface area (Å²) in [6, 6.07) is 3.30. The van der Waals surface area contributed by atoms with Gasteiger partial charge in [0.25, 0.3) is 0 Å². The van der Waals surface area contributed by atoms with Crippen molar-refractivity contribution in [3.8, 4) is 0 Å². The summed E-state index contributed by atoms with van der Waals surface area (Å²) in [6.07, 6.45) is 1.26. The summed E-state index contributed by atoms with van der Waals surface area (Å²) < 4.78 is 4.49. The quantitative estimate of drug-likeness (QED) is 0.327. The summed E-state index contributed by atoms with van der Waals surface area (Å²) in [5.41, 5.74) is 0. The second-order valence-corrected chi connectivity index (χ2v) is 3.05. The van der Waals surface area contributed by atoms with Crippen molar-refractivity contribution in [1.82, 2.24) is 0 Å². The van der Waals surface area contributed by atoms with Crippen molar-refractivity contribution in [3.63, 3.8) is 0 Å². The van der Waals surface area contributed by atoms with Crippen LogP contribution in [0.5, 0.6) is 0 Å². The largest absolute Gasteiger partial charge is 0.465 e. The zero-order valence-corrected chi connectivity index (χ0v) is 7.17. The van der Waals surface area contributed by atoms with E-state index >= 15 is 0 Å². The lowest BCUT2D eigenvalue weighted by molar-refractivity contribution is 0.0606. The number of esters is 1. The molecule has 1 heterocycles. The van der Waals surface area contributed by atoms with E-state index in [4.69, 9.17) is 5.21 Å². The maximum Gasteiger partial charge on any atom is 0.348 e. The fourth-order valence-electron chi connectivity index (χ4n) is 0.689. The number of methoxy groups -OCH3 is 1. The molecule has 0 aliphatic rings. The zero-order valence-electron chi connectivity index (χ0n) is 6.35. The lowest BCUT2D eigenvalue weighted by Crippen LogP contribution is -1.96. The molecule has 0 saturated heterocycles. The van der Waals surface area contributed by atoms with Crippen molar-refractivity contribution in [2.75, 3.05) is 7.11 Å². The van der Waals surface area contributed by atoms with Gasteiger partial charge in [0.2, 0.25) is 0 Å². The molecule has 0 saturated carbocycles. The van der Waals surface area contributed by atoms with Crippen LogP contribution in [0.4, 0.5) is 0 Å². The normalized spacial score (nSPS) is 10.4. The Labute approximate surface area is 73.1 Å². The van der Waals surface area contributed by atoms with E-state index < -0.39 is 0 Å². The molecule has 0 bridgehead atoms. The summed E-state index contributed by atoms with van der Waals surface area (Å²) in [4.78, 5) is 12.1. The average molecular weight is 185 g/mol. The van der Waals surface area contributed by atoms with Gasteiger partial charge >= 0.3 is 5.97 Å². The predicted octanol–water partition coefficient (Wildman–Crippen LogP) is 1.34. The molecule has 4 nitrogen and oxygen atoms in total. The summed E-state index contributed by atoms with van der Waals surface area (Å²) >= 11 is 1.21. The zero-order chi connectivity index (χ0) is 8.97. The lowest BCUT2D eigenvalue weighted by Gasteiger charge is -1.90. The number of nitrogens with zero attached hydrogens (tertiary/aromatic N) is 1. The van der Waals surface area contributed by atoms with Gasteiger partial charge in [-0.15, -0.1) is 11.3 Å². The molecule has 0 aliphatic carbocycles. The summed E-state index contributed by atoms with van der Waals surface area (Å²) in [7, 11) is 1.32. The van der Waals surface area contributed by atoms with Crippen LogP contribution in [0.25, 0.3) is 0 Å². The van der Waals surface area contributed by atoms with Crippen LogP contribution < -0.4 is 0 Å². The molecule has 0 amide bonds. The highest BCUT2D eigenvalue weighted by atomic mass is 32.1. The Kier molecular flexibility index (Phi) is 2.82. The first-order valence-electron chi connectivity index (χ1n) is 3.13. The summed E-state index contributed by atoms with van der Waals surface area (Å²) in [5, 5.41) is 11.0. The molecule has 0 atom stereocenters. The van der Waals surface area contributed by atoms with E-state index in [1.807, 2.05) is 0 Å². The van der Waals surface area contributed by atoms with Gasteiger partial charge in [0.05, 0.1) is 13.3 Å². The van der Waals surface area contributed by atoms with Gasteiger partial charge in [0, 0.05) is 4.88 Å². The van der Waals surface area contributed by atoms with Crippen molar-refractivity contribution >= 4 is 23.5 Å². The molecule has 12 heavy (non-hydrogen) atoms. The molecule has 1 rings (SSSR count). The third kappa shape index (κ3) is 1.82. The van der Waals surface area contributed by atoms with E-state index in [0.29, 0.717) is 9.75 Å². The fraction of sp³-hybridized carbons (Fsp3) is 0.143. The van der Waals surface area contributed by atoms with E-state index in [0.717, 1.165) is 0 Å². The van der Waals surface area contributed by atoms with E-state index in [-0.39, 0.29) is 5.97 Å². The molecule has 1 N–H and O–H groups in total. The van der Waals surface area contributed by atoms with Crippen LogP contribution in [0.2, 0.25) is 0 Å². The Hall–Kier alpha value is -1.36. The second-order valence-electron chi connectivity index (χ2n) is 1.94. The smallest absolute Gasteiger partial charge is 0.348 e. The molecule has 64 valence electrons. The molecule has 0 fully saturated rings. The average Bonchev–Trinajstić information content (AvgIpc) is 2.52. The summed E-state index contributed by atoms with van der Waals surface area (Å²) in [6.45, 7) is 0. The number of hydrogen-bond donors (Lipinski definition) is 1. The molecule has 1 aromatic heterocycles. The molecule has 0 aromatic carbocycles. The van der Waals surface area contributed by atoms with Gasteiger partial charge in [0.1, 0.15) is 4.88 Å². The minimum absolute atomic E-state index is 0.377. The maximum atomic E-state index is 10.9. The van der Waals surface area contributed by atoms with Crippen molar-refractivity contribution in [3.05, 3.63) is 21.9 Å². The molecule has 0 unspecified atom stereocenters. The summed E-state index contributed by atoms with van der Waals surface area (Å²) in [5.74, 6) is -0.377. The second kappa shape index (κ2) is 3.87. The van der Waals surface area contributed by atoms with Gasteiger partial charge in [-0.3, -0.25) is 0 Å². The number of hydrogen-bond acceptors (Lipinski definition) is 5. The molecule has 0 radical (unpaired) electrons. The predicted molar refractivity (Wildman–Crippen MR) is 45.0 cm³/mol. The highest BCUT2D eigenvalue weighted by Crippen LogP contribution is 2.15. The number of carbonyl (C=O) groups is 1. The van der Waals surface area contributed by atoms with E-state index in [1.54, 1.807) is 12.1 Å². The van der Waals surface area contributed by atoms with E-state index in [2.05, 4.69) is 9.89 Å². The van der Waals surface area contributed by atoms with Crippen LogP contribution in [-0.2, 0) is 4.74 Å². The lowest BCUT2D eigenvalue weighted by atomic mass is 10.4. The molecule has 0 aliphatic heterocycles. The minimum Gasteiger partial charge on any atom is -0.465 e. The van der Waals surface area contributed by atoms with Crippen LogP contribution in [0, 0.1) is 0 Å². The van der Waals surface area contributed by atoms with Gasteiger partial charge in [-0.2, -0.15) is 0 Å². The number of oxime groups is 1. The SMILES string of the molecule is COC(=O)c1ccc(C=NO)s1. The molecule has 5 heteroatoms. The Bertz CT molecular complexity index is 305. The standard InChI is InChI=1S/C7H7NO3S/c1-11-7(9)6-3-2-5(12-6)4-8-10/h2-4,10H,1H3. The molecule has 1 aromatic rings. The highest BCUT2D eigenvalue weighted by molar-refractivity contribution is 7.15. The molecule has 0 spiro atoms. The van der Waals surface area contributed by atoms with Gasteiger partial charge < -0.3 is 9.94 Å². The highest BCUT2D eigenvalue weighted by Gasteiger charge is 2.07. The number of rotatable bonds is 2. The van der Waals surface area contributed by atoms with E-state index in [1.165, 1.54) is 24.7 Å². The molecular weight excluding hydrogens is 178 g/mol. The van der Waals surface area contributed by atoms with Gasteiger partial charge in [-0.1, -0.05) is 5.16 Å². The first-order valence-corrected chi connectivity index (χ1v) is 3.95.